The van der Waals surface area contributed by atoms with E-state index in [2.05, 4.69) is 0 Å². The Balaban J connectivity index is 1.94. The predicted octanol–water partition coefficient (Wildman–Crippen LogP) is 4.35. The summed E-state index contributed by atoms with van der Waals surface area (Å²) in [5.74, 6) is 0.109. The van der Waals surface area contributed by atoms with Gasteiger partial charge in [0.1, 0.15) is 0 Å². The monoisotopic (exact) mass is 301 g/mol. The van der Waals surface area contributed by atoms with Crippen LogP contribution >= 0.6 is 11.8 Å². The van der Waals surface area contributed by atoms with Crippen LogP contribution in [0.4, 0.5) is 5.69 Å². The summed E-state index contributed by atoms with van der Waals surface area (Å²) in [7, 11) is 0. The van der Waals surface area contributed by atoms with Gasteiger partial charge in [-0.1, -0.05) is 37.3 Å². The lowest BCUT2D eigenvalue weighted by Crippen LogP contribution is -2.07. The van der Waals surface area contributed by atoms with Gasteiger partial charge in [0, 0.05) is 34.3 Å². The van der Waals surface area contributed by atoms with E-state index >= 15 is 0 Å². The van der Waals surface area contributed by atoms with Crippen molar-refractivity contribution in [1.82, 2.24) is 0 Å². The molecule has 0 spiro atoms. The molecule has 0 N–H and O–H groups in total. The van der Waals surface area contributed by atoms with Crippen LogP contribution in [0.25, 0.3) is 0 Å². The van der Waals surface area contributed by atoms with E-state index < -0.39 is 4.92 Å². The zero-order valence-corrected chi connectivity index (χ0v) is 12.4. The third-order valence-corrected chi connectivity index (χ3v) is 4.07. The minimum atomic E-state index is -0.420. The molecule has 2 aromatic rings. The van der Waals surface area contributed by atoms with Crippen LogP contribution in [0.1, 0.15) is 23.7 Å². The van der Waals surface area contributed by atoms with Crippen LogP contribution < -0.4 is 0 Å². The second-order valence-corrected chi connectivity index (χ2v) is 6.18. The van der Waals surface area contributed by atoms with E-state index in [1.165, 1.54) is 12.1 Å². The summed E-state index contributed by atoms with van der Waals surface area (Å²) in [5.41, 5.74) is 0.793. The topological polar surface area (TPSA) is 60.2 Å². The van der Waals surface area contributed by atoms with Gasteiger partial charge in [0.15, 0.2) is 5.78 Å². The SMILES string of the molecule is CC(CC(=O)c1ccccc1)Sc1ccc([N+](=O)[O-])cc1. The van der Waals surface area contributed by atoms with E-state index in [0.717, 1.165) is 4.90 Å². The number of non-ortho nitro benzene ring substituents is 1. The predicted molar refractivity (Wildman–Crippen MR) is 83.8 cm³/mol. The second-order valence-electron chi connectivity index (χ2n) is 4.67. The van der Waals surface area contributed by atoms with Gasteiger partial charge in [-0.15, -0.1) is 11.8 Å². The van der Waals surface area contributed by atoms with E-state index in [4.69, 9.17) is 0 Å². The zero-order valence-electron chi connectivity index (χ0n) is 11.6. The van der Waals surface area contributed by atoms with Crippen molar-refractivity contribution in [2.45, 2.75) is 23.5 Å². The molecule has 0 aliphatic rings. The van der Waals surface area contributed by atoms with Gasteiger partial charge >= 0.3 is 0 Å². The first-order chi connectivity index (χ1) is 10.1. The number of Topliss-reactive ketones (excluding diaryl/α,β-unsaturated/α-hetero) is 1. The molecule has 0 amide bonds. The van der Waals surface area contributed by atoms with Gasteiger partial charge in [-0.3, -0.25) is 14.9 Å². The van der Waals surface area contributed by atoms with Crippen molar-refractivity contribution < 1.29 is 9.72 Å². The third kappa shape index (κ3) is 4.43. The largest absolute Gasteiger partial charge is 0.294 e. The van der Waals surface area contributed by atoms with Crippen molar-refractivity contribution in [2.75, 3.05) is 0 Å². The molecular weight excluding hydrogens is 286 g/mol. The van der Waals surface area contributed by atoms with E-state index in [9.17, 15) is 14.9 Å². The number of thioether (sulfide) groups is 1. The summed E-state index contributed by atoms with van der Waals surface area (Å²) < 4.78 is 0. The molecule has 1 unspecified atom stereocenters. The fourth-order valence-electron chi connectivity index (χ4n) is 1.92. The summed E-state index contributed by atoms with van der Waals surface area (Å²) in [6, 6.07) is 15.6. The maximum Gasteiger partial charge on any atom is 0.269 e. The normalized spacial score (nSPS) is 11.9. The van der Waals surface area contributed by atoms with Crippen molar-refractivity contribution in [3.8, 4) is 0 Å². The number of nitro benzene ring substituents is 1. The molecule has 108 valence electrons. The van der Waals surface area contributed by atoms with Gasteiger partial charge < -0.3 is 0 Å². The number of rotatable bonds is 6. The molecule has 2 rings (SSSR count). The molecule has 0 radical (unpaired) electrons. The molecule has 5 heteroatoms. The molecule has 0 saturated heterocycles. The third-order valence-electron chi connectivity index (χ3n) is 2.95. The van der Waals surface area contributed by atoms with Gasteiger partial charge in [0.2, 0.25) is 0 Å². The Bertz CT molecular complexity index is 626. The molecule has 0 aliphatic carbocycles. The lowest BCUT2D eigenvalue weighted by Gasteiger charge is -2.10. The Morgan fingerprint density at radius 2 is 1.76 bits per heavy atom. The lowest BCUT2D eigenvalue weighted by molar-refractivity contribution is -0.384. The molecule has 0 aromatic heterocycles. The standard InChI is InChI=1S/C16H15NO3S/c1-12(11-16(18)13-5-3-2-4-6-13)21-15-9-7-14(8-10-15)17(19)20/h2-10,12H,11H2,1H3. The van der Waals surface area contributed by atoms with E-state index in [-0.39, 0.29) is 16.7 Å². The van der Waals surface area contributed by atoms with Crippen LogP contribution in [0.3, 0.4) is 0 Å². The van der Waals surface area contributed by atoms with Crippen molar-refractivity contribution in [2.24, 2.45) is 0 Å². The molecule has 1 atom stereocenters. The van der Waals surface area contributed by atoms with Crippen LogP contribution in [0.5, 0.6) is 0 Å². The van der Waals surface area contributed by atoms with E-state index in [1.807, 2.05) is 37.3 Å². The summed E-state index contributed by atoms with van der Waals surface area (Å²) >= 11 is 1.54. The van der Waals surface area contributed by atoms with Crippen molar-refractivity contribution >= 4 is 23.2 Å². The molecular formula is C16H15NO3S. The van der Waals surface area contributed by atoms with Crippen LogP contribution in [0, 0.1) is 10.1 Å². The highest BCUT2D eigenvalue weighted by Gasteiger charge is 2.13. The van der Waals surface area contributed by atoms with Gasteiger partial charge in [0.25, 0.3) is 5.69 Å². The number of carbonyl (C=O) groups excluding carboxylic acids is 1. The summed E-state index contributed by atoms with van der Waals surface area (Å²) in [5, 5.41) is 10.7. The van der Waals surface area contributed by atoms with Crippen molar-refractivity contribution in [1.29, 1.82) is 0 Å². The van der Waals surface area contributed by atoms with Crippen LogP contribution in [-0.2, 0) is 0 Å². The first-order valence-corrected chi connectivity index (χ1v) is 7.43. The van der Waals surface area contributed by atoms with Crippen molar-refractivity contribution in [3.05, 3.63) is 70.3 Å². The van der Waals surface area contributed by atoms with Gasteiger partial charge in [-0.25, -0.2) is 0 Å². The van der Waals surface area contributed by atoms with Crippen LogP contribution in [0.2, 0.25) is 0 Å². The smallest absolute Gasteiger partial charge is 0.269 e. The minimum Gasteiger partial charge on any atom is -0.294 e. The molecule has 0 fully saturated rings. The number of hydrogen-bond acceptors (Lipinski definition) is 4. The highest BCUT2D eigenvalue weighted by Crippen LogP contribution is 2.27. The molecule has 21 heavy (non-hydrogen) atoms. The number of nitro groups is 1. The molecule has 4 nitrogen and oxygen atoms in total. The Kier molecular flexibility index (Phi) is 5.11. The Morgan fingerprint density at radius 1 is 1.14 bits per heavy atom. The average molecular weight is 301 g/mol. The molecule has 0 saturated carbocycles. The number of ketones is 1. The highest BCUT2D eigenvalue weighted by molar-refractivity contribution is 8.00. The first kappa shape index (κ1) is 15.3. The average Bonchev–Trinajstić information content (AvgIpc) is 2.48. The summed E-state index contributed by atoms with van der Waals surface area (Å²) in [4.78, 5) is 23.2. The number of nitrogens with zero attached hydrogens (tertiary/aromatic N) is 1. The summed E-state index contributed by atoms with van der Waals surface area (Å²) in [6.45, 7) is 1.98. The molecule has 0 bridgehead atoms. The first-order valence-electron chi connectivity index (χ1n) is 6.55. The maximum absolute atomic E-state index is 12.1. The van der Waals surface area contributed by atoms with E-state index in [1.54, 1.807) is 23.9 Å². The van der Waals surface area contributed by atoms with Crippen molar-refractivity contribution in [3.63, 3.8) is 0 Å². The fourth-order valence-corrected chi connectivity index (χ4v) is 2.92. The fraction of sp³-hybridized carbons (Fsp3) is 0.188. The quantitative estimate of drug-likeness (QED) is 0.344. The second kappa shape index (κ2) is 7.04. The van der Waals surface area contributed by atoms with Crippen LogP contribution in [0.15, 0.2) is 59.5 Å². The lowest BCUT2D eigenvalue weighted by atomic mass is 10.1. The maximum atomic E-state index is 12.1. The summed E-state index contributed by atoms with van der Waals surface area (Å²) in [6.07, 6.45) is 0.436. The van der Waals surface area contributed by atoms with Gasteiger partial charge in [0.05, 0.1) is 4.92 Å². The highest BCUT2D eigenvalue weighted by atomic mass is 32.2. The Labute approximate surface area is 127 Å². The van der Waals surface area contributed by atoms with Crippen LogP contribution in [-0.4, -0.2) is 16.0 Å². The number of benzene rings is 2. The number of carbonyl (C=O) groups is 1. The molecule has 2 aromatic carbocycles. The molecule has 0 heterocycles. The van der Waals surface area contributed by atoms with Gasteiger partial charge in [-0.05, 0) is 12.1 Å². The Hall–Kier alpha value is -2.14. The minimum absolute atomic E-state index is 0.0763. The number of hydrogen-bond donors (Lipinski definition) is 0. The van der Waals surface area contributed by atoms with E-state index in [0.29, 0.717) is 12.0 Å². The van der Waals surface area contributed by atoms with Gasteiger partial charge in [-0.2, -0.15) is 0 Å². The zero-order chi connectivity index (χ0) is 15.2. The Morgan fingerprint density at radius 3 is 2.33 bits per heavy atom. The molecule has 0 aliphatic heterocycles.